The third kappa shape index (κ3) is 1.70. The van der Waals surface area contributed by atoms with E-state index in [1.165, 1.54) is 25.7 Å². The van der Waals surface area contributed by atoms with Crippen molar-refractivity contribution in [1.29, 1.82) is 0 Å². The molecule has 0 amide bonds. The molecule has 19 heavy (non-hydrogen) atoms. The highest BCUT2D eigenvalue weighted by molar-refractivity contribution is 7.42. The zero-order valence-electron chi connectivity index (χ0n) is 11.1. The van der Waals surface area contributed by atoms with Gasteiger partial charge in [-0.05, 0) is 36.8 Å². The number of fused-ring (bicyclic) bond motifs is 2. The van der Waals surface area contributed by atoms with Crippen molar-refractivity contribution < 1.29 is 0 Å². The second-order valence-corrected chi connectivity index (χ2v) is 8.19. The van der Waals surface area contributed by atoms with Crippen LogP contribution in [0, 0.1) is 0 Å². The van der Waals surface area contributed by atoms with Gasteiger partial charge in [0.15, 0.2) is 0 Å². The Labute approximate surface area is 117 Å². The molecule has 96 valence electrons. The van der Waals surface area contributed by atoms with E-state index in [9.17, 15) is 0 Å². The summed E-state index contributed by atoms with van der Waals surface area (Å²) in [6.07, 6.45) is 5.52. The molecular weight excluding hydrogens is 247 g/mol. The van der Waals surface area contributed by atoms with Gasteiger partial charge in [-0.3, -0.25) is 0 Å². The van der Waals surface area contributed by atoms with Gasteiger partial charge in [-0.1, -0.05) is 69.2 Å². The van der Waals surface area contributed by atoms with Gasteiger partial charge in [-0.15, -0.1) is 0 Å². The van der Waals surface area contributed by atoms with E-state index < -0.39 is 0 Å². The van der Waals surface area contributed by atoms with Gasteiger partial charge in [0, 0.05) is 10.3 Å². The lowest BCUT2D eigenvalue weighted by atomic mass is 9.76. The van der Waals surface area contributed by atoms with E-state index >= 15 is 0 Å². The summed E-state index contributed by atoms with van der Waals surface area (Å²) in [7, 11) is 1.06. The average Bonchev–Trinajstić information content (AvgIpc) is 3.08. The molecule has 0 atom stereocenters. The molecule has 0 radical (unpaired) electrons. The second-order valence-electron chi connectivity index (χ2n) is 6.02. The summed E-state index contributed by atoms with van der Waals surface area (Å²) in [6.45, 7) is 0. The lowest BCUT2D eigenvalue weighted by molar-refractivity contribution is 0.394. The fraction of sp³-hybridized carbons (Fsp3) is 0.333. The molecular formula is C18H19P. The van der Waals surface area contributed by atoms with Crippen LogP contribution in [0.25, 0.3) is 0 Å². The monoisotopic (exact) mass is 266 g/mol. The van der Waals surface area contributed by atoms with Gasteiger partial charge >= 0.3 is 0 Å². The van der Waals surface area contributed by atoms with Crippen LogP contribution >= 0.6 is 8.58 Å². The normalized spacial score (nSPS) is 33.9. The third-order valence-corrected chi connectivity index (χ3v) is 7.62. The van der Waals surface area contributed by atoms with E-state index in [1.807, 2.05) is 0 Å². The lowest BCUT2D eigenvalue weighted by Crippen LogP contribution is -2.19. The van der Waals surface area contributed by atoms with Crippen molar-refractivity contribution in [2.45, 2.75) is 36.0 Å². The molecule has 2 aliphatic rings. The maximum atomic E-state index is 2.35. The van der Waals surface area contributed by atoms with Crippen molar-refractivity contribution in [3.8, 4) is 0 Å². The van der Waals surface area contributed by atoms with Gasteiger partial charge in [0.05, 0.1) is 0 Å². The third-order valence-electron chi connectivity index (χ3n) is 5.09. The van der Waals surface area contributed by atoms with E-state index in [-0.39, 0.29) is 0 Å². The largest absolute Gasteiger partial charge is 0.1000 e. The van der Waals surface area contributed by atoms with Crippen LogP contribution in [-0.4, -0.2) is 0 Å². The van der Waals surface area contributed by atoms with Crippen molar-refractivity contribution in [2.75, 3.05) is 0 Å². The molecule has 2 saturated heterocycles. The molecule has 2 aromatic carbocycles. The molecule has 0 aromatic heterocycles. The van der Waals surface area contributed by atoms with Crippen LogP contribution < -0.4 is 0 Å². The minimum absolute atomic E-state index is 0.497. The lowest BCUT2D eigenvalue weighted by Gasteiger charge is -2.27. The van der Waals surface area contributed by atoms with E-state index in [0.717, 1.165) is 8.58 Å². The Balaban J connectivity index is 1.73. The Bertz CT molecular complexity index is 512. The van der Waals surface area contributed by atoms with Crippen LogP contribution in [0.3, 0.4) is 0 Å². The number of rotatable bonds is 2. The Kier molecular flexibility index (Phi) is 2.57. The molecule has 2 fully saturated rings. The van der Waals surface area contributed by atoms with Crippen molar-refractivity contribution in [1.82, 2.24) is 0 Å². The summed E-state index contributed by atoms with van der Waals surface area (Å²) in [6, 6.07) is 22.5. The van der Waals surface area contributed by atoms with E-state index in [4.69, 9.17) is 0 Å². The minimum atomic E-state index is 0.497. The van der Waals surface area contributed by atoms with Crippen molar-refractivity contribution in [2.24, 2.45) is 0 Å². The number of hydrogen-bond acceptors (Lipinski definition) is 0. The molecule has 2 aliphatic heterocycles. The van der Waals surface area contributed by atoms with Crippen LogP contribution in [0.2, 0.25) is 0 Å². The molecule has 0 nitrogen and oxygen atoms in total. The predicted molar refractivity (Wildman–Crippen MR) is 83.0 cm³/mol. The van der Waals surface area contributed by atoms with Crippen molar-refractivity contribution in [3.05, 3.63) is 71.8 Å². The van der Waals surface area contributed by atoms with Crippen LogP contribution in [0.15, 0.2) is 60.7 Å². The maximum absolute atomic E-state index is 2.35. The topological polar surface area (TPSA) is 0 Å². The second kappa shape index (κ2) is 4.18. The molecule has 0 spiro atoms. The van der Waals surface area contributed by atoms with Crippen LogP contribution in [0.5, 0.6) is 0 Å². The molecule has 0 aliphatic carbocycles. The molecule has 2 heterocycles. The summed E-state index contributed by atoms with van der Waals surface area (Å²) in [5, 5.41) is 0.994. The average molecular weight is 266 g/mol. The zero-order chi connectivity index (χ0) is 12.8. The van der Waals surface area contributed by atoms with Gasteiger partial charge in [0.25, 0.3) is 0 Å². The first-order valence-electron chi connectivity index (χ1n) is 7.24. The Morgan fingerprint density at radius 1 is 0.579 bits per heavy atom. The summed E-state index contributed by atoms with van der Waals surface area (Å²) in [5.41, 5.74) is 3.17. The first-order chi connectivity index (χ1) is 9.33. The minimum Gasteiger partial charge on any atom is -0.1000 e. The molecule has 2 bridgehead atoms. The number of benzene rings is 2. The van der Waals surface area contributed by atoms with Gasteiger partial charge in [0.2, 0.25) is 0 Å². The standard InChI is InChI=1S/C18H19P/c1-3-7-15(8-4-1)17-11-13-18(19-17,14-12-17)16-9-5-2-6-10-16/h1-10,19H,11-14H2. The van der Waals surface area contributed by atoms with E-state index in [0.29, 0.717) is 10.3 Å². The molecule has 1 heteroatoms. The first-order valence-corrected chi connectivity index (χ1v) is 8.24. The molecule has 0 unspecified atom stereocenters. The van der Waals surface area contributed by atoms with Gasteiger partial charge in [-0.2, -0.15) is 0 Å². The Morgan fingerprint density at radius 2 is 0.947 bits per heavy atom. The molecule has 0 N–H and O–H groups in total. The number of hydrogen-bond donors (Lipinski definition) is 0. The first kappa shape index (κ1) is 11.7. The Hall–Kier alpha value is -1.13. The smallest absolute Gasteiger partial charge is 0.0135 e. The van der Waals surface area contributed by atoms with Gasteiger partial charge in [-0.25, -0.2) is 0 Å². The van der Waals surface area contributed by atoms with Crippen LogP contribution in [-0.2, 0) is 10.3 Å². The highest BCUT2D eigenvalue weighted by atomic mass is 31.1. The fourth-order valence-corrected chi connectivity index (χ4v) is 6.59. The zero-order valence-corrected chi connectivity index (χ0v) is 12.1. The summed E-state index contributed by atoms with van der Waals surface area (Å²) in [5.74, 6) is 0. The van der Waals surface area contributed by atoms with E-state index in [1.54, 1.807) is 11.1 Å². The van der Waals surface area contributed by atoms with Crippen LogP contribution in [0.1, 0.15) is 36.8 Å². The molecule has 0 saturated carbocycles. The fourth-order valence-electron chi connectivity index (χ4n) is 4.05. The SMILES string of the molecule is c1ccc(C23CCC(c4ccccc4)(CC2)P3)cc1. The van der Waals surface area contributed by atoms with Crippen molar-refractivity contribution >= 4 is 8.58 Å². The van der Waals surface area contributed by atoms with E-state index in [2.05, 4.69) is 60.7 Å². The summed E-state index contributed by atoms with van der Waals surface area (Å²) < 4.78 is 0. The summed E-state index contributed by atoms with van der Waals surface area (Å²) in [4.78, 5) is 0. The van der Waals surface area contributed by atoms with Crippen LogP contribution in [0.4, 0.5) is 0 Å². The highest BCUT2D eigenvalue weighted by Gasteiger charge is 2.55. The summed E-state index contributed by atoms with van der Waals surface area (Å²) >= 11 is 0. The predicted octanol–water partition coefficient (Wildman–Crippen LogP) is 5.04. The molecule has 2 aromatic rings. The molecule has 4 rings (SSSR count). The quantitative estimate of drug-likeness (QED) is 0.668. The Morgan fingerprint density at radius 3 is 1.32 bits per heavy atom. The van der Waals surface area contributed by atoms with Gasteiger partial charge < -0.3 is 0 Å². The van der Waals surface area contributed by atoms with Gasteiger partial charge in [0.1, 0.15) is 0 Å². The van der Waals surface area contributed by atoms with Crippen molar-refractivity contribution in [3.63, 3.8) is 0 Å². The maximum Gasteiger partial charge on any atom is 0.0135 e. The highest BCUT2D eigenvalue weighted by Crippen LogP contribution is 2.74.